The number of urea groups is 1. The van der Waals surface area contributed by atoms with Crippen molar-refractivity contribution in [2.24, 2.45) is 5.41 Å². The zero-order valence-electron chi connectivity index (χ0n) is 17.2. The van der Waals surface area contributed by atoms with E-state index >= 15 is 0 Å². The number of rotatable bonds is 4. The van der Waals surface area contributed by atoms with Crippen LogP contribution in [0, 0.1) is 11.2 Å². The number of anilines is 2. The minimum atomic E-state index is -0.447. The Morgan fingerprint density at radius 2 is 1.87 bits per heavy atom. The Balaban J connectivity index is 1.39. The Bertz CT molecular complexity index is 1180. The molecule has 8 nitrogen and oxygen atoms in total. The molecular weight excluding hydrogens is 399 g/mol. The topological polar surface area (TPSA) is 91.6 Å². The molecule has 1 saturated heterocycles. The second-order valence-electron chi connectivity index (χ2n) is 8.51. The molecule has 1 aromatic carbocycles. The van der Waals surface area contributed by atoms with Gasteiger partial charge in [0.15, 0.2) is 0 Å². The van der Waals surface area contributed by atoms with Gasteiger partial charge in [-0.25, -0.2) is 19.2 Å². The highest BCUT2D eigenvalue weighted by Gasteiger charge is 2.44. The second kappa shape index (κ2) is 7.33. The van der Waals surface area contributed by atoms with Crippen molar-refractivity contribution < 1.29 is 14.0 Å². The highest BCUT2D eigenvalue weighted by atomic mass is 19.1. The van der Waals surface area contributed by atoms with Gasteiger partial charge in [-0.1, -0.05) is 6.92 Å². The van der Waals surface area contributed by atoms with Gasteiger partial charge < -0.3 is 15.5 Å². The van der Waals surface area contributed by atoms with Gasteiger partial charge in [0.25, 0.3) is 0 Å². The third kappa shape index (κ3) is 3.83. The van der Waals surface area contributed by atoms with Gasteiger partial charge in [0.1, 0.15) is 5.82 Å². The molecular formula is C22H23FN6O2. The smallest absolute Gasteiger partial charge is 0.321 e. The fraction of sp³-hybridized carbons (Fsp3) is 0.364. The van der Waals surface area contributed by atoms with E-state index in [0.29, 0.717) is 22.8 Å². The largest absolute Gasteiger partial charge is 0.325 e. The van der Waals surface area contributed by atoms with Gasteiger partial charge in [-0.05, 0) is 43.9 Å². The van der Waals surface area contributed by atoms with Gasteiger partial charge >= 0.3 is 6.03 Å². The summed E-state index contributed by atoms with van der Waals surface area (Å²) in [5.41, 5.74) is 1.42. The molecule has 31 heavy (non-hydrogen) atoms. The Kier molecular flexibility index (Phi) is 4.60. The average Bonchev–Trinajstić information content (AvgIpc) is 3.17. The lowest BCUT2D eigenvalue weighted by atomic mass is 10.1. The lowest BCUT2D eigenvalue weighted by Crippen LogP contribution is -2.32. The monoisotopic (exact) mass is 422 g/mol. The zero-order valence-corrected chi connectivity index (χ0v) is 17.2. The average molecular weight is 422 g/mol. The van der Waals surface area contributed by atoms with Crippen molar-refractivity contribution in [1.29, 1.82) is 0 Å². The second-order valence-corrected chi connectivity index (χ2v) is 8.51. The number of halogens is 1. The molecule has 0 unspecified atom stereocenters. The van der Waals surface area contributed by atoms with Crippen LogP contribution in [-0.2, 0) is 4.79 Å². The van der Waals surface area contributed by atoms with Gasteiger partial charge in [0.05, 0.1) is 17.6 Å². The molecule has 0 radical (unpaired) electrons. The van der Waals surface area contributed by atoms with E-state index in [9.17, 15) is 14.0 Å². The first-order chi connectivity index (χ1) is 14.9. The predicted octanol–water partition coefficient (Wildman–Crippen LogP) is 3.90. The molecule has 160 valence electrons. The molecule has 5 rings (SSSR count). The summed E-state index contributed by atoms with van der Waals surface area (Å²) in [7, 11) is 0. The van der Waals surface area contributed by atoms with E-state index in [1.807, 2.05) is 6.92 Å². The van der Waals surface area contributed by atoms with Crippen LogP contribution in [0.25, 0.3) is 17.0 Å². The van der Waals surface area contributed by atoms with Gasteiger partial charge in [-0.2, -0.15) is 0 Å². The van der Waals surface area contributed by atoms with E-state index in [1.165, 1.54) is 12.1 Å². The van der Waals surface area contributed by atoms with Crippen molar-refractivity contribution in [3.63, 3.8) is 0 Å². The maximum Gasteiger partial charge on any atom is 0.321 e. The number of carbonyl (C=O) groups is 2. The number of carbonyl (C=O) groups excluding carboxylic acids is 2. The fourth-order valence-corrected chi connectivity index (χ4v) is 3.70. The van der Waals surface area contributed by atoms with Crippen LogP contribution in [0.2, 0.25) is 0 Å². The molecule has 2 aliphatic rings. The minimum Gasteiger partial charge on any atom is -0.325 e. The summed E-state index contributed by atoms with van der Waals surface area (Å²) in [6, 6.07) is 4.24. The van der Waals surface area contributed by atoms with Crippen molar-refractivity contribution >= 4 is 29.1 Å². The molecule has 0 bridgehead atoms. The Hall–Kier alpha value is -3.49. The number of amides is 3. The van der Waals surface area contributed by atoms with E-state index in [4.69, 9.17) is 0 Å². The van der Waals surface area contributed by atoms with Crippen LogP contribution in [0.15, 0.2) is 36.8 Å². The van der Waals surface area contributed by atoms with Crippen molar-refractivity contribution in [3.05, 3.63) is 42.6 Å². The normalized spacial score (nSPS) is 17.0. The SMILES string of the molecule is CC1(C(=O)Nc2cnc3nc(-c4cc(NC(=O)N5CCCC5)ccc4F)cn3c2)CC1. The van der Waals surface area contributed by atoms with Crippen LogP contribution in [0.1, 0.15) is 32.6 Å². The lowest BCUT2D eigenvalue weighted by molar-refractivity contribution is -0.120. The standard InChI is InChI=1S/C22H23FN6O2/c1-22(6-7-22)19(30)25-15-11-24-20-27-18(13-29(20)12-15)16-10-14(4-5-17(16)23)26-21(31)28-8-2-3-9-28/h4-5,10-13H,2-3,6-9H2,1H3,(H,25,30)(H,26,31). The summed E-state index contributed by atoms with van der Waals surface area (Å²) in [5.74, 6) is -0.0872. The molecule has 9 heteroatoms. The van der Waals surface area contributed by atoms with E-state index in [1.54, 1.807) is 34.0 Å². The number of hydrogen-bond donors (Lipinski definition) is 2. The van der Waals surface area contributed by atoms with E-state index in [-0.39, 0.29) is 22.9 Å². The predicted molar refractivity (Wildman–Crippen MR) is 114 cm³/mol. The number of benzene rings is 1. The van der Waals surface area contributed by atoms with E-state index < -0.39 is 5.82 Å². The first kappa shape index (κ1) is 19.5. The Morgan fingerprint density at radius 3 is 2.61 bits per heavy atom. The first-order valence-electron chi connectivity index (χ1n) is 10.4. The molecule has 2 fully saturated rings. The van der Waals surface area contributed by atoms with Crippen LogP contribution in [0.3, 0.4) is 0 Å². The third-order valence-corrected chi connectivity index (χ3v) is 6.00. The number of imidazole rings is 1. The van der Waals surface area contributed by atoms with Gasteiger partial charge in [0, 0.05) is 42.1 Å². The highest BCUT2D eigenvalue weighted by Crippen LogP contribution is 2.45. The summed E-state index contributed by atoms with van der Waals surface area (Å²) >= 11 is 0. The summed E-state index contributed by atoms with van der Waals surface area (Å²) in [6.07, 6.45) is 8.66. The van der Waals surface area contributed by atoms with Crippen LogP contribution in [0.5, 0.6) is 0 Å². The maximum atomic E-state index is 14.6. The Labute approximate surface area is 178 Å². The zero-order chi connectivity index (χ0) is 21.6. The number of hydrogen-bond acceptors (Lipinski definition) is 4. The van der Waals surface area contributed by atoms with Gasteiger partial charge in [0.2, 0.25) is 11.7 Å². The summed E-state index contributed by atoms with van der Waals surface area (Å²) < 4.78 is 16.2. The lowest BCUT2D eigenvalue weighted by Gasteiger charge is -2.16. The van der Waals surface area contributed by atoms with E-state index in [2.05, 4.69) is 20.6 Å². The third-order valence-electron chi connectivity index (χ3n) is 6.00. The molecule has 1 saturated carbocycles. The maximum absolute atomic E-state index is 14.6. The molecule has 2 aromatic heterocycles. The number of aromatic nitrogens is 3. The molecule has 2 N–H and O–H groups in total. The van der Waals surface area contributed by atoms with Crippen LogP contribution < -0.4 is 10.6 Å². The molecule has 0 atom stereocenters. The first-order valence-corrected chi connectivity index (χ1v) is 10.4. The van der Waals surface area contributed by atoms with Crippen molar-refractivity contribution in [1.82, 2.24) is 19.3 Å². The van der Waals surface area contributed by atoms with E-state index in [0.717, 1.165) is 38.8 Å². The minimum absolute atomic E-state index is 0.0264. The quantitative estimate of drug-likeness (QED) is 0.667. The summed E-state index contributed by atoms with van der Waals surface area (Å²) in [6.45, 7) is 3.40. The van der Waals surface area contributed by atoms with Gasteiger partial charge in [-0.3, -0.25) is 9.20 Å². The molecule has 1 aliphatic carbocycles. The number of likely N-dealkylation sites (tertiary alicyclic amines) is 1. The molecule has 3 amide bonds. The van der Waals surface area contributed by atoms with Crippen molar-refractivity contribution in [2.75, 3.05) is 23.7 Å². The molecule has 3 aromatic rings. The number of nitrogens with one attached hydrogen (secondary N) is 2. The Morgan fingerprint density at radius 1 is 1.10 bits per heavy atom. The fourth-order valence-electron chi connectivity index (χ4n) is 3.70. The molecule has 0 spiro atoms. The van der Waals surface area contributed by atoms with Crippen LogP contribution >= 0.6 is 0 Å². The number of fused-ring (bicyclic) bond motifs is 1. The highest BCUT2D eigenvalue weighted by molar-refractivity contribution is 5.96. The molecule has 3 heterocycles. The molecule has 1 aliphatic heterocycles. The summed E-state index contributed by atoms with van der Waals surface area (Å²) in [5, 5.41) is 5.71. The number of nitrogens with zero attached hydrogens (tertiary/aromatic N) is 4. The van der Waals surface area contributed by atoms with Crippen molar-refractivity contribution in [3.8, 4) is 11.3 Å². The summed E-state index contributed by atoms with van der Waals surface area (Å²) in [4.78, 5) is 35.0. The van der Waals surface area contributed by atoms with Gasteiger partial charge in [-0.15, -0.1) is 0 Å². The van der Waals surface area contributed by atoms with Crippen molar-refractivity contribution in [2.45, 2.75) is 32.6 Å². The van der Waals surface area contributed by atoms with Crippen LogP contribution in [-0.4, -0.2) is 44.3 Å². The van der Waals surface area contributed by atoms with Crippen LogP contribution in [0.4, 0.5) is 20.6 Å².